The van der Waals surface area contributed by atoms with Gasteiger partial charge in [-0.05, 0) is 76.5 Å². The minimum absolute atomic E-state index is 0.509. The third-order valence-corrected chi connectivity index (χ3v) is 5.67. The molecule has 0 aromatic heterocycles. The van der Waals surface area contributed by atoms with Crippen LogP contribution in [0.2, 0.25) is 0 Å². The molecule has 2 rings (SSSR count). The summed E-state index contributed by atoms with van der Waals surface area (Å²) in [5.41, 5.74) is 2.73. The van der Waals surface area contributed by atoms with Gasteiger partial charge in [0.2, 0.25) is 0 Å². The zero-order chi connectivity index (χ0) is 15.7. The Hall–Kier alpha value is -0.820. The normalized spacial score (nSPS) is 35.1. The summed E-state index contributed by atoms with van der Waals surface area (Å²) in [7, 11) is 0. The highest BCUT2D eigenvalue weighted by molar-refractivity contribution is 5.20. The molecule has 118 valence electrons. The fraction of sp³-hybridized carbons (Fsp3) is 0.700. The standard InChI is InChI=1S/C20H32O/c1-15(8-6-11-19(3,4)21)17-10-13-20(5)12-7-9-16(2)18(20)14-17/h6,8,11,17-18,21H,2,7,9-10,12-14H2,1,3-5H3/b11-6+,15-8+/t17-,18-,20+/m0/s1. The van der Waals surface area contributed by atoms with Gasteiger partial charge in [-0.3, -0.25) is 0 Å². The highest BCUT2D eigenvalue weighted by atomic mass is 16.3. The molecule has 2 aliphatic carbocycles. The first-order valence-electron chi connectivity index (χ1n) is 8.47. The molecule has 2 fully saturated rings. The summed E-state index contributed by atoms with van der Waals surface area (Å²) in [6, 6.07) is 0. The fourth-order valence-corrected chi connectivity index (χ4v) is 4.20. The highest BCUT2D eigenvalue weighted by Gasteiger charge is 2.42. The molecule has 3 atom stereocenters. The van der Waals surface area contributed by atoms with Gasteiger partial charge in [-0.15, -0.1) is 0 Å². The monoisotopic (exact) mass is 288 g/mol. The molecule has 1 heteroatoms. The van der Waals surface area contributed by atoms with Crippen LogP contribution >= 0.6 is 0 Å². The van der Waals surface area contributed by atoms with Crippen LogP contribution in [0.15, 0.2) is 36.0 Å². The van der Waals surface area contributed by atoms with Crippen molar-refractivity contribution < 1.29 is 5.11 Å². The maximum atomic E-state index is 9.74. The minimum Gasteiger partial charge on any atom is -0.386 e. The Morgan fingerprint density at radius 2 is 2.10 bits per heavy atom. The van der Waals surface area contributed by atoms with Crippen molar-refractivity contribution in [1.82, 2.24) is 0 Å². The second kappa shape index (κ2) is 6.12. The molecule has 1 N–H and O–H groups in total. The van der Waals surface area contributed by atoms with Crippen LogP contribution in [0.5, 0.6) is 0 Å². The van der Waals surface area contributed by atoms with Gasteiger partial charge in [0.1, 0.15) is 0 Å². The Bertz CT molecular complexity index is 449. The first-order valence-corrected chi connectivity index (χ1v) is 8.47. The molecule has 2 aliphatic rings. The Morgan fingerprint density at radius 3 is 2.76 bits per heavy atom. The number of rotatable bonds is 3. The van der Waals surface area contributed by atoms with E-state index in [1.807, 2.05) is 26.0 Å². The van der Waals surface area contributed by atoms with E-state index in [-0.39, 0.29) is 0 Å². The molecule has 21 heavy (non-hydrogen) atoms. The summed E-state index contributed by atoms with van der Waals surface area (Å²) in [6.45, 7) is 12.7. The van der Waals surface area contributed by atoms with Gasteiger partial charge < -0.3 is 5.11 Å². The summed E-state index contributed by atoms with van der Waals surface area (Å²) in [4.78, 5) is 0. The van der Waals surface area contributed by atoms with Gasteiger partial charge in [0.05, 0.1) is 5.60 Å². The lowest BCUT2D eigenvalue weighted by atomic mass is 9.56. The molecule has 0 unspecified atom stereocenters. The number of fused-ring (bicyclic) bond motifs is 1. The zero-order valence-corrected chi connectivity index (χ0v) is 14.3. The summed E-state index contributed by atoms with van der Waals surface area (Å²) in [6.07, 6.45) is 13.9. The number of hydrogen-bond acceptors (Lipinski definition) is 1. The SMILES string of the molecule is C=C1CCC[C@]2(C)CC[C@H](/C(C)=C/C=C/C(C)(C)O)C[C@@H]12. The average Bonchev–Trinajstić information content (AvgIpc) is 2.36. The molecular weight excluding hydrogens is 256 g/mol. The van der Waals surface area contributed by atoms with Gasteiger partial charge in [-0.1, -0.05) is 42.9 Å². The summed E-state index contributed by atoms with van der Waals surface area (Å²) in [5.74, 6) is 1.40. The summed E-state index contributed by atoms with van der Waals surface area (Å²) >= 11 is 0. The van der Waals surface area contributed by atoms with Crippen LogP contribution in [-0.4, -0.2) is 10.7 Å². The Balaban J connectivity index is 2.05. The third kappa shape index (κ3) is 4.10. The van der Waals surface area contributed by atoms with Crippen molar-refractivity contribution in [3.05, 3.63) is 36.0 Å². The molecule has 2 saturated carbocycles. The van der Waals surface area contributed by atoms with Crippen LogP contribution in [0, 0.1) is 17.3 Å². The third-order valence-electron chi connectivity index (χ3n) is 5.67. The minimum atomic E-state index is -0.723. The Kier molecular flexibility index (Phi) is 4.82. The van der Waals surface area contributed by atoms with Crippen LogP contribution in [0.3, 0.4) is 0 Å². The zero-order valence-electron chi connectivity index (χ0n) is 14.3. The predicted octanol–water partition coefficient (Wildman–Crippen LogP) is 5.42. The molecule has 0 amide bonds. The molecule has 0 bridgehead atoms. The molecule has 0 heterocycles. The maximum absolute atomic E-state index is 9.74. The van der Waals surface area contributed by atoms with E-state index < -0.39 is 5.60 Å². The van der Waals surface area contributed by atoms with Crippen LogP contribution < -0.4 is 0 Å². The van der Waals surface area contributed by atoms with E-state index in [4.69, 9.17) is 0 Å². The lowest BCUT2D eigenvalue weighted by molar-refractivity contribution is 0.0831. The van der Waals surface area contributed by atoms with E-state index >= 15 is 0 Å². The van der Waals surface area contributed by atoms with Gasteiger partial charge in [-0.25, -0.2) is 0 Å². The summed E-state index contributed by atoms with van der Waals surface area (Å²) in [5, 5.41) is 9.74. The molecule has 0 aliphatic heterocycles. The van der Waals surface area contributed by atoms with Gasteiger partial charge in [0.25, 0.3) is 0 Å². The van der Waals surface area contributed by atoms with Crippen molar-refractivity contribution in [2.24, 2.45) is 17.3 Å². The number of aliphatic hydroxyl groups is 1. The van der Waals surface area contributed by atoms with E-state index in [1.54, 1.807) is 0 Å². The van der Waals surface area contributed by atoms with Crippen LogP contribution in [0.25, 0.3) is 0 Å². The highest BCUT2D eigenvalue weighted by Crippen LogP contribution is 2.54. The van der Waals surface area contributed by atoms with Crippen molar-refractivity contribution in [2.45, 2.75) is 71.8 Å². The van der Waals surface area contributed by atoms with E-state index in [0.29, 0.717) is 17.3 Å². The van der Waals surface area contributed by atoms with Crippen molar-refractivity contribution in [3.63, 3.8) is 0 Å². The molecule has 0 aromatic carbocycles. The molecule has 1 nitrogen and oxygen atoms in total. The van der Waals surface area contributed by atoms with Crippen LogP contribution in [0.4, 0.5) is 0 Å². The lowest BCUT2D eigenvalue weighted by Gasteiger charge is -2.49. The smallest absolute Gasteiger partial charge is 0.0774 e. The Labute approximate surface area is 130 Å². The average molecular weight is 288 g/mol. The van der Waals surface area contributed by atoms with Gasteiger partial charge in [0.15, 0.2) is 0 Å². The summed E-state index contributed by atoms with van der Waals surface area (Å²) < 4.78 is 0. The van der Waals surface area contributed by atoms with Gasteiger partial charge in [0, 0.05) is 0 Å². The van der Waals surface area contributed by atoms with Crippen LogP contribution in [0.1, 0.15) is 66.2 Å². The Morgan fingerprint density at radius 1 is 1.38 bits per heavy atom. The van der Waals surface area contributed by atoms with E-state index in [9.17, 15) is 5.11 Å². The van der Waals surface area contributed by atoms with Crippen molar-refractivity contribution in [3.8, 4) is 0 Å². The predicted molar refractivity (Wildman–Crippen MR) is 91.1 cm³/mol. The quantitative estimate of drug-likeness (QED) is 0.543. The van der Waals surface area contributed by atoms with E-state index in [1.165, 1.54) is 49.7 Å². The second-order valence-electron chi connectivity index (χ2n) is 8.11. The van der Waals surface area contributed by atoms with Gasteiger partial charge in [-0.2, -0.15) is 0 Å². The molecule has 0 aromatic rings. The van der Waals surface area contributed by atoms with Crippen molar-refractivity contribution in [2.75, 3.05) is 0 Å². The molecule has 0 spiro atoms. The largest absolute Gasteiger partial charge is 0.386 e. The molecular formula is C20H32O. The van der Waals surface area contributed by atoms with E-state index in [0.717, 1.165) is 0 Å². The maximum Gasteiger partial charge on any atom is 0.0774 e. The van der Waals surface area contributed by atoms with Crippen LogP contribution in [-0.2, 0) is 0 Å². The van der Waals surface area contributed by atoms with Crippen molar-refractivity contribution >= 4 is 0 Å². The van der Waals surface area contributed by atoms with Gasteiger partial charge >= 0.3 is 0 Å². The number of hydrogen-bond donors (Lipinski definition) is 1. The van der Waals surface area contributed by atoms with E-state index in [2.05, 4.69) is 26.5 Å². The lowest BCUT2D eigenvalue weighted by Crippen LogP contribution is -2.38. The second-order valence-corrected chi connectivity index (χ2v) is 8.11. The fourth-order valence-electron chi connectivity index (χ4n) is 4.20. The number of allylic oxidation sites excluding steroid dienone is 4. The van der Waals surface area contributed by atoms with Crippen molar-refractivity contribution in [1.29, 1.82) is 0 Å². The molecule has 0 saturated heterocycles. The first kappa shape index (κ1) is 16.5. The molecule has 0 radical (unpaired) electrons. The topological polar surface area (TPSA) is 20.2 Å². The first-order chi connectivity index (χ1) is 9.71.